The zero-order valence-electron chi connectivity index (χ0n) is 13.0. The van der Waals surface area contributed by atoms with Crippen LogP contribution in [0.15, 0.2) is 24.3 Å². The predicted molar refractivity (Wildman–Crippen MR) is 83.8 cm³/mol. The number of carbonyl (C=O) groups is 1. The van der Waals surface area contributed by atoms with Crippen LogP contribution in [0.4, 0.5) is 4.79 Å². The summed E-state index contributed by atoms with van der Waals surface area (Å²) in [5.41, 5.74) is 1.21. The highest BCUT2D eigenvalue weighted by Crippen LogP contribution is 2.10. The van der Waals surface area contributed by atoms with E-state index in [0.717, 1.165) is 38.5 Å². The van der Waals surface area contributed by atoms with Crippen LogP contribution in [-0.4, -0.2) is 61.7 Å². The highest BCUT2D eigenvalue weighted by atomic mass is 16.5. The molecule has 0 saturated carbocycles. The third-order valence-electron chi connectivity index (χ3n) is 3.77. The number of urea groups is 1. The van der Waals surface area contributed by atoms with Crippen molar-refractivity contribution in [2.75, 3.05) is 45.9 Å². The first-order chi connectivity index (χ1) is 10.2. The second kappa shape index (κ2) is 7.88. The first-order valence-corrected chi connectivity index (χ1v) is 7.63. The number of aryl methyl sites for hydroxylation is 1. The molecule has 1 N–H and O–H groups in total. The van der Waals surface area contributed by atoms with Crippen LogP contribution in [0.2, 0.25) is 0 Å². The summed E-state index contributed by atoms with van der Waals surface area (Å²) in [7, 11) is 0. The van der Waals surface area contributed by atoms with Gasteiger partial charge >= 0.3 is 6.03 Å². The fourth-order valence-electron chi connectivity index (χ4n) is 2.34. The number of rotatable bonds is 5. The van der Waals surface area contributed by atoms with E-state index in [9.17, 15) is 4.79 Å². The van der Waals surface area contributed by atoms with E-state index in [-0.39, 0.29) is 6.03 Å². The van der Waals surface area contributed by atoms with Crippen molar-refractivity contribution in [3.05, 3.63) is 29.8 Å². The van der Waals surface area contributed by atoms with Crippen molar-refractivity contribution in [2.24, 2.45) is 0 Å². The Morgan fingerprint density at radius 2 is 1.86 bits per heavy atom. The van der Waals surface area contributed by atoms with E-state index in [0.29, 0.717) is 13.2 Å². The van der Waals surface area contributed by atoms with Crippen molar-refractivity contribution in [1.82, 2.24) is 15.1 Å². The van der Waals surface area contributed by atoms with E-state index in [1.54, 1.807) is 0 Å². The van der Waals surface area contributed by atoms with Gasteiger partial charge in [0.05, 0.1) is 6.54 Å². The number of likely N-dealkylation sites (N-methyl/N-ethyl adjacent to an activating group) is 1. The van der Waals surface area contributed by atoms with Crippen molar-refractivity contribution in [1.29, 1.82) is 0 Å². The van der Waals surface area contributed by atoms with E-state index in [4.69, 9.17) is 4.74 Å². The summed E-state index contributed by atoms with van der Waals surface area (Å²) in [5, 5.41) is 2.91. The number of hydrogen-bond acceptors (Lipinski definition) is 3. The summed E-state index contributed by atoms with van der Waals surface area (Å²) in [6.07, 6.45) is 0. The molecule has 2 amide bonds. The van der Waals surface area contributed by atoms with Crippen molar-refractivity contribution >= 4 is 6.03 Å². The Hall–Kier alpha value is -1.75. The molecule has 1 fully saturated rings. The maximum absolute atomic E-state index is 12.0. The number of nitrogens with zero attached hydrogens (tertiary/aromatic N) is 2. The SMILES string of the molecule is CCN1CCN(C(=O)NCCOc2ccc(C)cc2)CC1. The summed E-state index contributed by atoms with van der Waals surface area (Å²) in [5.74, 6) is 0.839. The van der Waals surface area contributed by atoms with Gasteiger partial charge in [0.1, 0.15) is 12.4 Å². The monoisotopic (exact) mass is 291 g/mol. The summed E-state index contributed by atoms with van der Waals surface area (Å²) in [4.78, 5) is 16.2. The molecule has 1 saturated heterocycles. The molecule has 1 aromatic carbocycles. The van der Waals surface area contributed by atoms with Crippen LogP contribution in [0.5, 0.6) is 5.75 Å². The van der Waals surface area contributed by atoms with Crippen LogP contribution >= 0.6 is 0 Å². The maximum Gasteiger partial charge on any atom is 0.317 e. The molecular formula is C16H25N3O2. The first kappa shape index (κ1) is 15.6. The lowest BCUT2D eigenvalue weighted by Gasteiger charge is -2.33. The molecule has 0 atom stereocenters. The molecule has 1 aliphatic rings. The van der Waals surface area contributed by atoms with Gasteiger partial charge in [-0.05, 0) is 25.6 Å². The highest BCUT2D eigenvalue weighted by Gasteiger charge is 2.19. The fraction of sp³-hybridized carbons (Fsp3) is 0.562. The standard InChI is InChI=1S/C16H25N3O2/c1-3-18-9-11-19(12-10-18)16(20)17-8-13-21-15-6-4-14(2)5-7-15/h4-7H,3,8-13H2,1-2H3,(H,17,20). The van der Waals surface area contributed by atoms with Crippen LogP contribution in [0.25, 0.3) is 0 Å². The molecule has 0 aromatic heterocycles. The van der Waals surface area contributed by atoms with Crippen LogP contribution < -0.4 is 10.1 Å². The van der Waals surface area contributed by atoms with Crippen LogP contribution in [0.3, 0.4) is 0 Å². The molecule has 0 spiro atoms. The Labute approximate surface area is 126 Å². The number of ether oxygens (including phenoxy) is 1. The molecule has 21 heavy (non-hydrogen) atoms. The number of amides is 2. The minimum Gasteiger partial charge on any atom is -0.492 e. The highest BCUT2D eigenvalue weighted by molar-refractivity contribution is 5.74. The Morgan fingerprint density at radius 3 is 2.48 bits per heavy atom. The van der Waals surface area contributed by atoms with Crippen molar-refractivity contribution in [2.45, 2.75) is 13.8 Å². The van der Waals surface area contributed by atoms with Crippen LogP contribution in [0, 0.1) is 6.92 Å². The molecular weight excluding hydrogens is 266 g/mol. The van der Waals surface area contributed by atoms with Crippen molar-refractivity contribution < 1.29 is 9.53 Å². The Balaban J connectivity index is 1.62. The van der Waals surface area contributed by atoms with Gasteiger partial charge in [0.25, 0.3) is 0 Å². The number of nitrogens with one attached hydrogen (secondary N) is 1. The molecule has 5 heteroatoms. The molecule has 0 aliphatic carbocycles. The second-order valence-corrected chi connectivity index (χ2v) is 5.31. The van der Waals surface area contributed by atoms with Gasteiger partial charge in [0.15, 0.2) is 0 Å². The Bertz CT molecular complexity index is 439. The lowest BCUT2D eigenvalue weighted by atomic mass is 10.2. The number of carbonyl (C=O) groups excluding carboxylic acids is 1. The predicted octanol–water partition coefficient (Wildman–Crippen LogP) is 1.72. The second-order valence-electron chi connectivity index (χ2n) is 5.31. The zero-order valence-corrected chi connectivity index (χ0v) is 13.0. The molecule has 2 rings (SSSR count). The fourth-order valence-corrected chi connectivity index (χ4v) is 2.34. The molecule has 1 aromatic rings. The van der Waals surface area contributed by atoms with Crippen LogP contribution in [0.1, 0.15) is 12.5 Å². The molecule has 5 nitrogen and oxygen atoms in total. The number of piperazine rings is 1. The quantitative estimate of drug-likeness (QED) is 0.840. The summed E-state index contributed by atoms with van der Waals surface area (Å²) >= 11 is 0. The smallest absolute Gasteiger partial charge is 0.317 e. The van der Waals surface area contributed by atoms with Crippen molar-refractivity contribution in [3.63, 3.8) is 0 Å². The third-order valence-corrected chi connectivity index (χ3v) is 3.77. The largest absolute Gasteiger partial charge is 0.492 e. The first-order valence-electron chi connectivity index (χ1n) is 7.63. The lowest BCUT2D eigenvalue weighted by Crippen LogP contribution is -2.52. The Kier molecular flexibility index (Phi) is 5.87. The van der Waals surface area contributed by atoms with Gasteiger partial charge < -0.3 is 19.9 Å². The van der Waals surface area contributed by atoms with E-state index >= 15 is 0 Å². The van der Waals surface area contributed by atoms with Gasteiger partial charge in [0, 0.05) is 26.2 Å². The Morgan fingerprint density at radius 1 is 1.19 bits per heavy atom. The molecule has 0 radical (unpaired) electrons. The third kappa shape index (κ3) is 4.93. The summed E-state index contributed by atoms with van der Waals surface area (Å²) in [6, 6.07) is 7.93. The van der Waals surface area contributed by atoms with Gasteiger partial charge in [-0.25, -0.2) is 4.79 Å². The summed E-state index contributed by atoms with van der Waals surface area (Å²) < 4.78 is 5.59. The molecule has 1 heterocycles. The van der Waals surface area contributed by atoms with Gasteiger partial charge in [0.2, 0.25) is 0 Å². The van der Waals surface area contributed by atoms with E-state index < -0.39 is 0 Å². The molecule has 0 unspecified atom stereocenters. The van der Waals surface area contributed by atoms with E-state index in [1.165, 1.54) is 5.56 Å². The van der Waals surface area contributed by atoms with Gasteiger partial charge in [-0.1, -0.05) is 24.6 Å². The summed E-state index contributed by atoms with van der Waals surface area (Å²) in [6.45, 7) is 9.80. The topological polar surface area (TPSA) is 44.8 Å². The van der Waals surface area contributed by atoms with Gasteiger partial charge in [-0.2, -0.15) is 0 Å². The maximum atomic E-state index is 12.0. The van der Waals surface area contributed by atoms with E-state index in [1.807, 2.05) is 36.1 Å². The number of hydrogen-bond donors (Lipinski definition) is 1. The zero-order chi connectivity index (χ0) is 15.1. The molecule has 1 aliphatic heterocycles. The average Bonchev–Trinajstić information content (AvgIpc) is 2.53. The normalized spacial score (nSPS) is 15.8. The minimum absolute atomic E-state index is 0.0123. The van der Waals surface area contributed by atoms with Crippen molar-refractivity contribution in [3.8, 4) is 5.75 Å². The molecule has 0 bridgehead atoms. The van der Waals surface area contributed by atoms with Crippen LogP contribution in [-0.2, 0) is 0 Å². The van der Waals surface area contributed by atoms with E-state index in [2.05, 4.69) is 17.1 Å². The van der Waals surface area contributed by atoms with Gasteiger partial charge in [-0.3, -0.25) is 0 Å². The minimum atomic E-state index is 0.0123. The number of benzene rings is 1. The average molecular weight is 291 g/mol. The lowest BCUT2D eigenvalue weighted by molar-refractivity contribution is 0.142. The molecule has 116 valence electrons. The van der Waals surface area contributed by atoms with Gasteiger partial charge in [-0.15, -0.1) is 0 Å².